The van der Waals surface area contributed by atoms with E-state index in [4.69, 9.17) is 4.43 Å². The van der Waals surface area contributed by atoms with Crippen molar-refractivity contribution in [2.45, 2.75) is 57.7 Å². The molecule has 0 aromatic heterocycles. The molecule has 0 saturated heterocycles. The molecule has 1 saturated carbocycles. The van der Waals surface area contributed by atoms with Crippen molar-refractivity contribution >= 4 is 8.32 Å². The van der Waals surface area contributed by atoms with Crippen LogP contribution in [-0.2, 0) is 9.84 Å². The Morgan fingerprint density at radius 3 is 2.29 bits per heavy atom. The Bertz CT molecular complexity index is 514. The lowest BCUT2D eigenvalue weighted by atomic mass is 9.88. The van der Waals surface area contributed by atoms with Gasteiger partial charge in [0.05, 0.1) is 0 Å². The molecule has 1 aromatic rings. The molecule has 0 amide bonds. The molecule has 2 heteroatoms. The van der Waals surface area contributed by atoms with Crippen molar-refractivity contribution in [3.63, 3.8) is 0 Å². The molecule has 21 heavy (non-hydrogen) atoms. The fourth-order valence-corrected chi connectivity index (χ4v) is 3.93. The Kier molecular flexibility index (Phi) is 4.01. The number of hydrogen-bond acceptors (Lipinski definition) is 1. The maximum Gasteiger partial charge on any atom is 0.192 e. The number of benzene rings is 1. The standard InChI is InChI=1S/C19H30OSi/c1-8-19(15-20-21(6,7)17(2,3)4)14-18(19,5)16-12-10-9-11-13-16/h8-13H,1,14-15H2,2-7H3/t18-,19-/m1/s1. The fraction of sp³-hybridized carbons (Fsp3) is 0.579. The van der Waals surface area contributed by atoms with Crippen LogP contribution in [-0.4, -0.2) is 14.9 Å². The molecule has 1 fully saturated rings. The van der Waals surface area contributed by atoms with Crippen molar-refractivity contribution in [3.8, 4) is 0 Å². The van der Waals surface area contributed by atoms with Gasteiger partial charge < -0.3 is 4.43 Å². The molecule has 1 aliphatic rings. The minimum atomic E-state index is -1.70. The largest absolute Gasteiger partial charge is 0.416 e. The van der Waals surface area contributed by atoms with E-state index in [2.05, 4.69) is 83.8 Å². The zero-order valence-corrected chi connectivity index (χ0v) is 15.5. The second-order valence-electron chi connectivity index (χ2n) is 8.28. The van der Waals surface area contributed by atoms with E-state index in [1.807, 2.05) is 0 Å². The third kappa shape index (κ3) is 2.76. The summed E-state index contributed by atoms with van der Waals surface area (Å²) in [4.78, 5) is 0. The van der Waals surface area contributed by atoms with Gasteiger partial charge >= 0.3 is 0 Å². The summed E-state index contributed by atoms with van der Waals surface area (Å²) in [7, 11) is -1.70. The molecule has 0 heterocycles. The van der Waals surface area contributed by atoms with Crippen LogP contribution in [0.2, 0.25) is 18.1 Å². The second-order valence-corrected chi connectivity index (χ2v) is 13.1. The first-order valence-electron chi connectivity index (χ1n) is 7.91. The lowest BCUT2D eigenvalue weighted by molar-refractivity contribution is 0.227. The minimum absolute atomic E-state index is 0.101. The predicted octanol–water partition coefficient (Wildman–Crippen LogP) is 5.54. The summed E-state index contributed by atoms with van der Waals surface area (Å²) >= 11 is 0. The van der Waals surface area contributed by atoms with Crippen LogP contribution in [0, 0.1) is 5.41 Å². The second kappa shape index (κ2) is 5.10. The summed E-state index contributed by atoms with van der Waals surface area (Å²) in [6.45, 7) is 18.8. The van der Waals surface area contributed by atoms with Crippen LogP contribution in [0.1, 0.15) is 39.7 Å². The van der Waals surface area contributed by atoms with Crippen molar-refractivity contribution in [1.29, 1.82) is 0 Å². The van der Waals surface area contributed by atoms with Gasteiger partial charge in [0.2, 0.25) is 0 Å². The van der Waals surface area contributed by atoms with Crippen LogP contribution in [0.4, 0.5) is 0 Å². The Morgan fingerprint density at radius 1 is 1.24 bits per heavy atom. The van der Waals surface area contributed by atoms with Gasteiger partial charge in [0, 0.05) is 17.4 Å². The van der Waals surface area contributed by atoms with Gasteiger partial charge in [0.15, 0.2) is 8.32 Å². The van der Waals surface area contributed by atoms with E-state index in [0.717, 1.165) is 13.0 Å². The van der Waals surface area contributed by atoms with Gasteiger partial charge in [0.25, 0.3) is 0 Å². The van der Waals surface area contributed by atoms with Crippen LogP contribution in [0.3, 0.4) is 0 Å². The van der Waals surface area contributed by atoms with Gasteiger partial charge in [-0.3, -0.25) is 0 Å². The Morgan fingerprint density at radius 2 is 1.81 bits per heavy atom. The predicted molar refractivity (Wildman–Crippen MR) is 94.2 cm³/mol. The first kappa shape index (κ1) is 16.5. The highest BCUT2D eigenvalue weighted by Crippen LogP contribution is 2.65. The maximum atomic E-state index is 6.50. The molecule has 116 valence electrons. The summed E-state index contributed by atoms with van der Waals surface area (Å²) in [5, 5.41) is 0.257. The van der Waals surface area contributed by atoms with Crippen LogP contribution in [0.5, 0.6) is 0 Å². The normalized spacial score (nSPS) is 29.2. The molecule has 0 radical (unpaired) electrons. The fourth-order valence-electron chi connectivity index (χ4n) is 2.87. The van der Waals surface area contributed by atoms with Crippen molar-refractivity contribution < 1.29 is 4.43 Å². The molecule has 0 N–H and O–H groups in total. The van der Waals surface area contributed by atoms with Gasteiger partial charge in [-0.25, -0.2) is 0 Å². The van der Waals surface area contributed by atoms with E-state index < -0.39 is 8.32 Å². The average Bonchev–Trinajstić information content (AvgIpc) is 3.04. The van der Waals surface area contributed by atoms with Crippen molar-refractivity contribution in [3.05, 3.63) is 48.6 Å². The molecule has 2 atom stereocenters. The quantitative estimate of drug-likeness (QED) is 0.512. The molecular formula is C19H30OSi. The summed E-state index contributed by atoms with van der Waals surface area (Å²) in [6.07, 6.45) is 3.27. The third-order valence-electron chi connectivity index (χ3n) is 5.94. The van der Waals surface area contributed by atoms with Crippen molar-refractivity contribution in [1.82, 2.24) is 0 Å². The first-order chi connectivity index (χ1) is 9.58. The van der Waals surface area contributed by atoms with E-state index in [9.17, 15) is 0 Å². The van der Waals surface area contributed by atoms with E-state index >= 15 is 0 Å². The van der Waals surface area contributed by atoms with Gasteiger partial charge in [-0.1, -0.05) is 64.1 Å². The lowest BCUT2D eigenvalue weighted by Gasteiger charge is -2.37. The molecular weight excluding hydrogens is 272 g/mol. The molecule has 0 spiro atoms. The summed E-state index contributed by atoms with van der Waals surface area (Å²) in [6, 6.07) is 10.8. The molecule has 2 rings (SSSR count). The minimum Gasteiger partial charge on any atom is -0.416 e. The summed E-state index contributed by atoms with van der Waals surface area (Å²) in [5.41, 5.74) is 1.69. The third-order valence-corrected chi connectivity index (χ3v) is 10.4. The number of hydrogen-bond donors (Lipinski definition) is 0. The smallest absolute Gasteiger partial charge is 0.192 e. The topological polar surface area (TPSA) is 9.23 Å². The SMILES string of the molecule is C=C[C@]1(CO[Si](C)(C)C(C)(C)C)C[C@]1(C)c1ccccc1. The Hall–Kier alpha value is -0.863. The molecule has 1 aliphatic carbocycles. The highest BCUT2D eigenvalue weighted by Gasteiger charge is 2.63. The van der Waals surface area contributed by atoms with Crippen molar-refractivity contribution in [2.75, 3.05) is 6.61 Å². The summed E-state index contributed by atoms with van der Waals surface area (Å²) in [5.74, 6) is 0. The molecule has 0 aliphatic heterocycles. The highest BCUT2D eigenvalue weighted by molar-refractivity contribution is 6.74. The van der Waals surface area contributed by atoms with Gasteiger partial charge in [-0.2, -0.15) is 0 Å². The zero-order chi connectivity index (χ0) is 15.9. The van der Waals surface area contributed by atoms with Crippen LogP contribution < -0.4 is 0 Å². The Labute approximate surface area is 131 Å². The zero-order valence-electron chi connectivity index (χ0n) is 14.5. The van der Waals surface area contributed by atoms with Crippen molar-refractivity contribution in [2.24, 2.45) is 5.41 Å². The Balaban J connectivity index is 2.15. The highest BCUT2D eigenvalue weighted by atomic mass is 28.4. The average molecular weight is 303 g/mol. The van der Waals surface area contributed by atoms with E-state index in [0.29, 0.717) is 0 Å². The lowest BCUT2D eigenvalue weighted by Crippen LogP contribution is -2.42. The van der Waals surface area contributed by atoms with E-state index in [1.54, 1.807) is 0 Å². The maximum absolute atomic E-state index is 6.50. The first-order valence-corrected chi connectivity index (χ1v) is 10.8. The van der Waals surface area contributed by atoms with Crippen LogP contribution in [0.15, 0.2) is 43.0 Å². The van der Waals surface area contributed by atoms with Gasteiger partial charge in [-0.05, 0) is 30.1 Å². The van der Waals surface area contributed by atoms with E-state index in [1.165, 1.54) is 5.56 Å². The molecule has 0 unspecified atom stereocenters. The monoisotopic (exact) mass is 302 g/mol. The van der Waals surface area contributed by atoms with Gasteiger partial charge in [-0.15, -0.1) is 6.58 Å². The molecule has 1 aromatic carbocycles. The summed E-state index contributed by atoms with van der Waals surface area (Å²) < 4.78 is 6.50. The van der Waals surface area contributed by atoms with Crippen LogP contribution in [0.25, 0.3) is 0 Å². The molecule has 0 bridgehead atoms. The van der Waals surface area contributed by atoms with Gasteiger partial charge in [0.1, 0.15) is 0 Å². The van der Waals surface area contributed by atoms with E-state index in [-0.39, 0.29) is 15.9 Å². The molecule has 1 nitrogen and oxygen atoms in total. The number of rotatable bonds is 5. The van der Waals surface area contributed by atoms with Crippen LogP contribution >= 0.6 is 0 Å².